The van der Waals surface area contributed by atoms with Gasteiger partial charge in [-0.2, -0.15) is 0 Å². The van der Waals surface area contributed by atoms with Crippen LogP contribution in [0.2, 0.25) is 0 Å². The second-order valence-electron chi connectivity index (χ2n) is 6.11. The highest BCUT2D eigenvalue weighted by atomic mass is 16.5. The van der Waals surface area contributed by atoms with Crippen LogP contribution in [0, 0.1) is 0 Å². The Morgan fingerprint density at radius 1 is 1.29 bits per heavy atom. The van der Waals surface area contributed by atoms with Crippen LogP contribution in [0.5, 0.6) is 5.75 Å². The summed E-state index contributed by atoms with van der Waals surface area (Å²) in [6, 6.07) is 3.72. The zero-order valence-corrected chi connectivity index (χ0v) is 13.1. The molecular weight excluding hydrogens is 312 g/mol. The number of fused-ring (bicyclic) bond motifs is 3. The van der Waals surface area contributed by atoms with E-state index in [4.69, 9.17) is 9.84 Å². The van der Waals surface area contributed by atoms with E-state index in [-0.39, 0.29) is 12.0 Å². The van der Waals surface area contributed by atoms with Gasteiger partial charge in [0.25, 0.3) is 5.91 Å². The monoisotopic (exact) mass is 330 g/mol. The van der Waals surface area contributed by atoms with Crippen LogP contribution in [-0.2, 0) is 6.54 Å². The van der Waals surface area contributed by atoms with E-state index in [9.17, 15) is 9.59 Å². The van der Waals surface area contributed by atoms with Gasteiger partial charge in [0.2, 0.25) is 0 Å². The Balaban J connectivity index is 1.52. The maximum atomic E-state index is 11.9. The van der Waals surface area contributed by atoms with Crippen molar-refractivity contribution < 1.29 is 19.4 Å². The SMILES string of the molecule is O=C1NCCn2c1cc1cc(OC3CCN(C(=O)O)CC3)cnc12. The molecule has 0 aliphatic carbocycles. The molecule has 0 radical (unpaired) electrons. The third-order valence-corrected chi connectivity index (χ3v) is 4.58. The molecule has 2 aliphatic heterocycles. The van der Waals surface area contributed by atoms with Gasteiger partial charge in [0, 0.05) is 44.4 Å². The lowest BCUT2D eigenvalue weighted by molar-refractivity contribution is 0.0892. The average Bonchev–Trinajstić information content (AvgIpc) is 2.95. The molecule has 0 bridgehead atoms. The number of rotatable bonds is 2. The van der Waals surface area contributed by atoms with Crippen LogP contribution in [0.1, 0.15) is 23.3 Å². The molecule has 0 spiro atoms. The Hall–Kier alpha value is -2.77. The van der Waals surface area contributed by atoms with Gasteiger partial charge in [0.05, 0.1) is 6.20 Å². The van der Waals surface area contributed by atoms with E-state index in [2.05, 4.69) is 10.3 Å². The number of hydrogen-bond acceptors (Lipinski definition) is 4. The summed E-state index contributed by atoms with van der Waals surface area (Å²) in [6.45, 7) is 2.29. The third-order valence-electron chi connectivity index (χ3n) is 4.58. The first-order valence-corrected chi connectivity index (χ1v) is 8.04. The first kappa shape index (κ1) is 14.8. The maximum Gasteiger partial charge on any atom is 0.407 e. The number of carboxylic acid groups (broad SMARTS) is 1. The van der Waals surface area contributed by atoms with Crippen LogP contribution in [0.25, 0.3) is 11.0 Å². The molecule has 126 valence electrons. The van der Waals surface area contributed by atoms with Gasteiger partial charge in [0.1, 0.15) is 23.2 Å². The van der Waals surface area contributed by atoms with Gasteiger partial charge >= 0.3 is 6.09 Å². The largest absolute Gasteiger partial charge is 0.489 e. The molecule has 2 amide bonds. The first-order valence-electron chi connectivity index (χ1n) is 8.04. The minimum absolute atomic E-state index is 0.0135. The molecule has 0 saturated carbocycles. The van der Waals surface area contributed by atoms with Crippen molar-refractivity contribution in [3.8, 4) is 5.75 Å². The van der Waals surface area contributed by atoms with E-state index >= 15 is 0 Å². The van der Waals surface area contributed by atoms with Crippen molar-refractivity contribution >= 4 is 23.0 Å². The van der Waals surface area contributed by atoms with Gasteiger partial charge in [-0.1, -0.05) is 0 Å². The van der Waals surface area contributed by atoms with E-state index in [1.807, 2.05) is 16.7 Å². The summed E-state index contributed by atoms with van der Waals surface area (Å²) >= 11 is 0. The minimum Gasteiger partial charge on any atom is -0.489 e. The molecule has 2 N–H and O–H groups in total. The lowest BCUT2D eigenvalue weighted by atomic mass is 10.1. The summed E-state index contributed by atoms with van der Waals surface area (Å²) in [5.41, 5.74) is 1.41. The highest BCUT2D eigenvalue weighted by molar-refractivity contribution is 5.98. The smallest absolute Gasteiger partial charge is 0.407 e. The molecule has 2 aromatic rings. The summed E-state index contributed by atoms with van der Waals surface area (Å²) < 4.78 is 7.88. The van der Waals surface area contributed by atoms with Crippen molar-refractivity contribution in [1.82, 2.24) is 19.8 Å². The third kappa shape index (κ3) is 2.53. The summed E-state index contributed by atoms with van der Waals surface area (Å²) in [6.07, 6.45) is 2.11. The van der Waals surface area contributed by atoms with Gasteiger partial charge in [-0.15, -0.1) is 0 Å². The number of amides is 2. The molecule has 1 saturated heterocycles. The Bertz CT molecular complexity index is 808. The fourth-order valence-electron chi connectivity index (χ4n) is 3.33. The van der Waals surface area contributed by atoms with Crippen molar-refractivity contribution in [2.75, 3.05) is 19.6 Å². The maximum absolute atomic E-state index is 11.9. The highest BCUT2D eigenvalue weighted by Gasteiger charge is 2.24. The quantitative estimate of drug-likeness (QED) is 0.865. The fraction of sp³-hybridized carbons (Fsp3) is 0.438. The number of carbonyl (C=O) groups is 2. The second-order valence-corrected chi connectivity index (χ2v) is 6.11. The van der Waals surface area contributed by atoms with Crippen molar-refractivity contribution in [2.24, 2.45) is 0 Å². The van der Waals surface area contributed by atoms with Gasteiger partial charge in [-0.3, -0.25) is 4.79 Å². The second kappa shape index (κ2) is 5.70. The Kier molecular flexibility index (Phi) is 3.51. The molecule has 2 aromatic heterocycles. The number of hydrogen-bond donors (Lipinski definition) is 2. The number of pyridine rings is 1. The van der Waals surface area contributed by atoms with Crippen LogP contribution < -0.4 is 10.1 Å². The molecule has 4 rings (SSSR count). The van der Waals surface area contributed by atoms with Gasteiger partial charge < -0.3 is 24.6 Å². The molecule has 2 aliphatic rings. The van der Waals surface area contributed by atoms with Crippen LogP contribution in [0.15, 0.2) is 18.3 Å². The molecule has 8 nitrogen and oxygen atoms in total. The summed E-state index contributed by atoms with van der Waals surface area (Å²) in [5, 5.41) is 12.7. The molecule has 0 atom stereocenters. The van der Waals surface area contributed by atoms with Crippen molar-refractivity contribution in [3.63, 3.8) is 0 Å². The highest BCUT2D eigenvalue weighted by Crippen LogP contribution is 2.25. The van der Waals surface area contributed by atoms with E-state index < -0.39 is 6.09 Å². The van der Waals surface area contributed by atoms with E-state index in [1.54, 1.807) is 6.20 Å². The zero-order chi connectivity index (χ0) is 16.7. The van der Waals surface area contributed by atoms with Crippen molar-refractivity contribution in [2.45, 2.75) is 25.5 Å². The predicted molar refractivity (Wildman–Crippen MR) is 85.3 cm³/mol. The Morgan fingerprint density at radius 3 is 2.83 bits per heavy atom. The molecule has 0 aromatic carbocycles. The molecule has 24 heavy (non-hydrogen) atoms. The lowest BCUT2D eigenvalue weighted by Gasteiger charge is -2.30. The van der Waals surface area contributed by atoms with Gasteiger partial charge in [-0.05, 0) is 12.1 Å². The van der Waals surface area contributed by atoms with Gasteiger partial charge in [-0.25, -0.2) is 9.78 Å². The van der Waals surface area contributed by atoms with Gasteiger partial charge in [0.15, 0.2) is 0 Å². The van der Waals surface area contributed by atoms with E-state index in [1.165, 1.54) is 4.90 Å². The van der Waals surface area contributed by atoms with Crippen LogP contribution >= 0.6 is 0 Å². The fourth-order valence-corrected chi connectivity index (χ4v) is 3.33. The van der Waals surface area contributed by atoms with E-state index in [0.29, 0.717) is 50.5 Å². The summed E-state index contributed by atoms with van der Waals surface area (Å²) in [5.74, 6) is 0.572. The minimum atomic E-state index is -0.880. The lowest BCUT2D eigenvalue weighted by Crippen LogP contribution is -2.41. The number of piperidine rings is 1. The van der Waals surface area contributed by atoms with Crippen LogP contribution in [0.3, 0.4) is 0 Å². The number of carbonyl (C=O) groups excluding carboxylic acids is 1. The molecule has 8 heteroatoms. The van der Waals surface area contributed by atoms with Crippen molar-refractivity contribution in [1.29, 1.82) is 0 Å². The normalized spacial score (nSPS) is 18.3. The molecule has 0 unspecified atom stereocenters. The first-order chi connectivity index (χ1) is 11.6. The topological polar surface area (TPSA) is 96.7 Å². The number of aromatic nitrogens is 2. The number of likely N-dealkylation sites (tertiary alicyclic amines) is 1. The van der Waals surface area contributed by atoms with Crippen LogP contribution in [0.4, 0.5) is 4.79 Å². The van der Waals surface area contributed by atoms with E-state index in [0.717, 1.165) is 11.0 Å². The number of nitrogens with zero attached hydrogens (tertiary/aromatic N) is 3. The summed E-state index contributed by atoms with van der Waals surface area (Å²) in [4.78, 5) is 28.7. The standard InChI is InChI=1S/C16H18N4O4/c21-15-13-8-10-7-12(9-18-14(10)20(13)6-3-17-15)24-11-1-4-19(5-2-11)16(22)23/h7-9,11H,1-6H2,(H,17,21)(H,22,23). The Labute approximate surface area is 138 Å². The molecule has 4 heterocycles. The summed E-state index contributed by atoms with van der Waals surface area (Å²) in [7, 11) is 0. The van der Waals surface area contributed by atoms with Crippen LogP contribution in [-0.4, -0.2) is 57.3 Å². The molecular formula is C16H18N4O4. The zero-order valence-electron chi connectivity index (χ0n) is 13.1. The predicted octanol–water partition coefficient (Wildman–Crippen LogP) is 1.30. The van der Waals surface area contributed by atoms with Crippen molar-refractivity contribution in [3.05, 3.63) is 24.0 Å². The number of ether oxygens (including phenoxy) is 1. The number of nitrogens with one attached hydrogen (secondary N) is 1. The average molecular weight is 330 g/mol. The Morgan fingerprint density at radius 2 is 2.08 bits per heavy atom. The molecule has 1 fully saturated rings.